The summed E-state index contributed by atoms with van der Waals surface area (Å²) in [5.74, 6) is 1.13. The topological polar surface area (TPSA) is 63.6 Å². The predicted molar refractivity (Wildman–Crippen MR) is 184 cm³/mol. The summed E-state index contributed by atoms with van der Waals surface area (Å²) in [5, 5.41) is 22.9. The lowest BCUT2D eigenvalue weighted by atomic mass is 9.86. The molecule has 0 radical (unpaired) electrons. The Labute approximate surface area is 261 Å². The number of aryl methyl sites for hydroxylation is 2. The molecule has 5 nitrogen and oxygen atoms in total. The lowest BCUT2D eigenvalue weighted by molar-refractivity contribution is 0.585. The van der Waals surface area contributed by atoms with Crippen LogP contribution in [0, 0.1) is 19.8 Å². The normalized spacial score (nSPS) is 14.6. The van der Waals surface area contributed by atoms with Gasteiger partial charge in [-0.25, -0.2) is 0 Å². The fourth-order valence-corrected chi connectivity index (χ4v) is 6.50. The van der Waals surface area contributed by atoms with Crippen LogP contribution in [-0.2, 0) is 0 Å². The molecule has 0 saturated carbocycles. The van der Waals surface area contributed by atoms with Crippen LogP contribution in [0.1, 0.15) is 29.2 Å². The molecule has 6 aromatic carbocycles. The third-order valence-electron chi connectivity index (χ3n) is 8.89. The Morgan fingerprint density at radius 1 is 0.489 bits per heavy atom. The van der Waals surface area contributed by atoms with Crippen molar-refractivity contribution in [1.82, 2.24) is 10.2 Å². The van der Waals surface area contributed by atoms with Crippen LogP contribution < -0.4 is 0 Å². The fraction of sp³-hybridized carbons (Fsp3) is 0.100. The Hall–Kier alpha value is -5.68. The maximum atomic E-state index is 6.21. The van der Waals surface area contributed by atoms with E-state index in [1.165, 1.54) is 16.3 Å². The van der Waals surface area contributed by atoms with Crippen LogP contribution in [0.4, 0.5) is 0 Å². The molecule has 0 saturated heterocycles. The van der Waals surface area contributed by atoms with Gasteiger partial charge in [-0.2, -0.15) is 10.2 Å². The minimum atomic E-state index is 0.0926. The van der Waals surface area contributed by atoms with Gasteiger partial charge in [0.2, 0.25) is 11.8 Å². The van der Waals surface area contributed by atoms with Crippen molar-refractivity contribution >= 4 is 33.0 Å². The zero-order valence-electron chi connectivity index (χ0n) is 25.3. The molecule has 8 rings (SSSR count). The summed E-state index contributed by atoms with van der Waals surface area (Å²) in [6.45, 7) is 6.44. The summed E-state index contributed by atoms with van der Waals surface area (Å²) in [7, 11) is 0. The number of aromatic nitrogens is 2. The van der Waals surface area contributed by atoms with E-state index in [1.807, 2.05) is 24.3 Å². The average molecular weight is 583 g/mol. The number of hydrogen-bond acceptors (Lipinski definition) is 5. The first-order valence-electron chi connectivity index (χ1n) is 15.2. The minimum Gasteiger partial charge on any atom is -0.416 e. The van der Waals surface area contributed by atoms with Crippen LogP contribution in [-0.4, -0.2) is 21.6 Å². The fourth-order valence-electron chi connectivity index (χ4n) is 6.50. The van der Waals surface area contributed by atoms with Gasteiger partial charge in [0.05, 0.1) is 11.4 Å². The van der Waals surface area contributed by atoms with E-state index >= 15 is 0 Å². The lowest BCUT2D eigenvalue weighted by Crippen LogP contribution is -2.19. The molecule has 0 amide bonds. The Balaban J connectivity index is 1.05. The summed E-state index contributed by atoms with van der Waals surface area (Å²) < 4.78 is 6.21. The molecule has 0 aliphatic carbocycles. The van der Waals surface area contributed by atoms with Gasteiger partial charge in [-0.3, -0.25) is 0 Å². The van der Waals surface area contributed by atoms with E-state index in [0.717, 1.165) is 61.1 Å². The average Bonchev–Trinajstić information content (AvgIpc) is 3.71. The number of fused-ring (bicyclic) bond motifs is 2. The molecular formula is C40H30N4O. The van der Waals surface area contributed by atoms with Crippen molar-refractivity contribution in [3.63, 3.8) is 0 Å². The SMILES string of the molecule is Cc1cc(-c2ccc(-c3nnc(-c4cccc5ccccc45)o3)c(C)c2)ccc1C1=NN=C(c2cccc3ccccc23)[C@@H]1C. The van der Waals surface area contributed by atoms with Gasteiger partial charge < -0.3 is 4.42 Å². The van der Waals surface area contributed by atoms with Crippen molar-refractivity contribution in [2.75, 3.05) is 0 Å². The molecule has 1 aliphatic heterocycles. The monoisotopic (exact) mass is 582 g/mol. The number of hydrogen-bond donors (Lipinski definition) is 0. The largest absolute Gasteiger partial charge is 0.416 e. The number of rotatable bonds is 5. The van der Waals surface area contributed by atoms with Crippen molar-refractivity contribution in [2.45, 2.75) is 20.8 Å². The summed E-state index contributed by atoms with van der Waals surface area (Å²) in [6.07, 6.45) is 0. The highest BCUT2D eigenvalue weighted by Crippen LogP contribution is 2.34. The van der Waals surface area contributed by atoms with Crippen molar-refractivity contribution in [3.05, 3.63) is 144 Å². The van der Waals surface area contributed by atoms with Crippen molar-refractivity contribution in [1.29, 1.82) is 0 Å². The van der Waals surface area contributed by atoms with Crippen molar-refractivity contribution < 1.29 is 4.42 Å². The maximum absolute atomic E-state index is 6.21. The van der Waals surface area contributed by atoms with E-state index in [-0.39, 0.29) is 5.92 Å². The molecule has 0 spiro atoms. The lowest BCUT2D eigenvalue weighted by Gasteiger charge is -2.15. The molecule has 1 aliphatic rings. The van der Waals surface area contributed by atoms with Crippen LogP contribution in [0.25, 0.3) is 55.6 Å². The first-order chi connectivity index (χ1) is 22.0. The summed E-state index contributed by atoms with van der Waals surface area (Å²) in [4.78, 5) is 0. The predicted octanol–water partition coefficient (Wildman–Crippen LogP) is 9.84. The first kappa shape index (κ1) is 26.9. The quantitative estimate of drug-likeness (QED) is 0.203. The number of nitrogens with zero attached hydrogens (tertiary/aromatic N) is 4. The van der Waals surface area contributed by atoms with Crippen LogP contribution in [0.2, 0.25) is 0 Å². The molecule has 1 atom stereocenters. The van der Waals surface area contributed by atoms with E-state index in [1.54, 1.807) is 0 Å². The van der Waals surface area contributed by atoms with Gasteiger partial charge >= 0.3 is 0 Å². The Kier molecular flexibility index (Phi) is 6.45. The van der Waals surface area contributed by atoms with Crippen molar-refractivity contribution in [2.24, 2.45) is 16.1 Å². The van der Waals surface area contributed by atoms with E-state index in [9.17, 15) is 0 Å². The second kappa shape index (κ2) is 10.8. The van der Waals surface area contributed by atoms with Gasteiger partial charge in [0, 0.05) is 28.2 Å². The zero-order chi connectivity index (χ0) is 30.5. The molecule has 0 bridgehead atoms. The van der Waals surface area contributed by atoms with Crippen molar-refractivity contribution in [3.8, 4) is 34.0 Å². The highest BCUT2D eigenvalue weighted by Gasteiger charge is 2.27. The Morgan fingerprint density at radius 3 is 1.60 bits per heavy atom. The van der Waals surface area contributed by atoms with Gasteiger partial charge in [-0.05, 0) is 69.8 Å². The number of benzene rings is 6. The smallest absolute Gasteiger partial charge is 0.248 e. The standard InChI is InChI=1S/C40H30N4O/c1-24-22-29(18-20-31(24)37-26(3)38(42-41-37)35-16-8-12-27-10-4-6-14-33(27)35)30-19-21-32(25(2)23-30)39-43-44-40(45-39)36-17-9-13-28-11-5-7-15-34(28)36/h4-23,26H,1-3H3/t26-/m1/s1. The van der Waals surface area contributed by atoms with Crippen LogP contribution >= 0.6 is 0 Å². The molecule has 45 heavy (non-hydrogen) atoms. The van der Waals surface area contributed by atoms with Gasteiger partial charge in [0.25, 0.3) is 0 Å². The summed E-state index contributed by atoms with van der Waals surface area (Å²) in [5.41, 5.74) is 10.7. The molecule has 7 aromatic rings. The van der Waals surface area contributed by atoms with Gasteiger partial charge in [0.15, 0.2) is 0 Å². The molecular weight excluding hydrogens is 552 g/mol. The van der Waals surface area contributed by atoms with Crippen LogP contribution in [0.15, 0.2) is 136 Å². The highest BCUT2D eigenvalue weighted by atomic mass is 16.4. The van der Waals surface area contributed by atoms with E-state index in [0.29, 0.717) is 11.8 Å². The molecule has 0 N–H and O–H groups in total. The Bertz CT molecular complexity index is 2320. The van der Waals surface area contributed by atoms with E-state index < -0.39 is 0 Å². The molecule has 0 unspecified atom stereocenters. The zero-order valence-corrected chi connectivity index (χ0v) is 25.3. The van der Waals surface area contributed by atoms with Gasteiger partial charge in [-0.15, -0.1) is 10.2 Å². The third kappa shape index (κ3) is 4.64. The minimum absolute atomic E-state index is 0.0926. The van der Waals surface area contributed by atoms with Crippen LogP contribution in [0.3, 0.4) is 0 Å². The molecule has 2 heterocycles. The Morgan fingerprint density at radius 2 is 0.978 bits per heavy atom. The van der Waals surface area contributed by atoms with Crippen LogP contribution in [0.5, 0.6) is 0 Å². The maximum Gasteiger partial charge on any atom is 0.248 e. The first-order valence-corrected chi connectivity index (χ1v) is 15.2. The third-order valence-corrected chi connectivity index (χ3v) is 8.89. The molecule has 0 fully saturated rings. The summed E-state index contributed by atoms with van der Waals surface area (Å²) >= 11 is 0. The highest BCUT2D eigenvalue weighted by molar-refractivity contribution is 6.25. The van der Waals surface area contributed by atoms with Gasteiger partial charge in [-0.1, -0.05) is 116 Å². The molecule has 1 aromatic heterocycles. The van der Waals surface area contributed by atoms with Gasteiger partial charge in [0.1, 0.15) is 0 Å². The summed E-state index contributed by atoms with van der Waals surface area (Å²) in [6, 6.07) is 42.2. The second-order valence-corrected chi connectivity index (χ2v) is 11.7. The molecule has 216 valence electrons. The van der Waals surface area contributed by atoms with E-state index in [4.69, 9.17) is 9.52 Å². The second-order valence-electron chi connectivity index (χ2n) is 11.7. The van der Waals surface area contributed by atoms with E-state index in [2.05, 4.69) is 133 Å². The molecule has 5 heteroatoms.